The Kier molecular flexibility index (Phi) is 4.07. The summed E-state index contributed by atoms with van der Waals surface area (Å²) in [6.45, 7) is 0. The average molecular weight is 365 g/mol. The van der Waals surface area contributed by atoms with Crippen molar-refractivity contribution in [2.24, 2.45) is 0 Å². The molecule has 0 amide bonds. The molecule has 5 nitrogen and oxygen atoms in total. The molecule has 0 unspecified atom stereocenters. The predicted molar refractivity (Wildman–Crippen MR) is 102 cm³/mol. The number of ether oxygens (including phenoxy) is 1. The standard InChI is InChI=1S/C20H13ClN2O3/c21-14-10-11-16(18(12-14)23(24)25)20-13-22(15-6-2-1-3-7-15)17-8-4-5-9-19(17)26-20/h1-13H. The van der Waals surface area contributed by atoms with Gasteiger partial charge in [0, 0.05) is 16.8 Å². The van der Waals surface area contributed by atoms with Gasteiger partial charge in [0.1, 0.15) is 0 Å². The first-order valence-corrected chi connectivity index (χ1v) is 8.28. The van der Waals surface area contributed by atoms with Gasteiger partial charge in [0.05, 0.1) is 22.4 Å². The van der Waals surface area contributed by atoms with E-state index in [-0.39, 0.29) is 5.69 Å². The van der Waals surface area contributed by atoms with Crippen LogP contribution in [0.2, 0.25) is 5.02 Å². The zero-order valence-electron chi connectivity index (χ0n) is 13.5. The number of nitrogens with zero attached hydrogens (tertiary/aromatic N) is 2. The van der Waals surface area contributed by atoms with Crippen molar-refractivity contribution in [3.8, 4) is 5.75 Å². The number of fused-ring (bicyclic) bond motifs is 1. The molecule has 0 saturated carbocycles. The van der Waals surface area contributed by atoms with Crippen LogP contribution in [-0.4, -0.2) is 4.92 Å². The lowest BCUT2D eigenvalue weighted by Crippen LogP contribution is -2.17. The quantitative estimate of drug-likeness (QED) is 0.437. The van der Waals surface area contributed by atoms with E-state index < -0.39 is 4.92 Å². The van der Waals surface area contributed by atoms with Crippen LogP contribution in [0.3, 0.4) is 0 Å². The minimum atomic E-state index is -0.460. The van der Waals surface area contributed by atoms with Gasteiger partial charge < -0.3 is 9.64 Å². The average Bonchev–Trinajstić information content (AvgIpc) is 2.67. The number of hydrogen-bond donors (Lipinski definition) is 0. The van der Waals surface area contributed by atoms with Crippen molar-refractivity contribution in [1.29, 1.82) is 0 Å². The molecule has 1 heterocycles. The Hall–Kier alpha value is -3.31. The molecule has 128 valence electrons. The topological polar surface area (TPSA) is 55.6 Å². The van der Waals surface area contributed by atoms with Crippen molar-refractivity contribution in [2.45, 2.75) is 0 Å². The highest BCUT2D eigenvalue weighted by atomic mass is 35.5. The minimum absolute atomic E-state index is 0.101. The Bertz CT molecular complexity index is 1020. The van der Waals surface area contributed by atoms with Gasteiger partial charge in [-0.15, -0.1) is 0 Å². The molecule has 0 saturated heterocycles. The third-order valence-corrected chi connectivity index (χ3v) is 4.28. The maximum Gasteiger partial charge on any atom is 0.281 e. The van der Waals surface area contributed by atoms with E-state index in [1.165, 1.54) is 6.07 Å². The molecule has 0 spiro atoms. The van der Waals surface area contributed by atoms with Gasteiger partial charge in [0.2, 0.25) is 0 Å². The molecule has 0 radical (unpaired) electrons. The molecule has 0 aliphatic carbocycles. The summed E-state index contributed by atoms with van der Waals surface area (Å²) in [5.41, 5.74) is 2.06. The molecule has 0 aromatic heterocycles. The maximum atomic E-state index is 11.5. The Balaban J connectivity index is 1.89. The summed E-state index contributed by atoms with van der Waals surface area (Å²) in [6.07, 6.45) is 1.76. The first-order chi connectivity index (χ1) is 12.6. The van der Waals surface area contributed by atoms with Crippen molar-refractivity contribution < 1.29 is 9.66 Å². The first kappa shape index (κ1) is 16.2. The number of anilines is 2. The van der Waals surface area contributed by atoms with Crippen molar-refractivity contribution in [2.75, 3.05) is 4.90 Å². The monoisotopic (exact) mass is 364 g/mol. The van der Waals surface area contributed by atoms with Gasteiger partial charge in [-0.1, -0.05) is 41.9 Å². The van der Waals surface area contributed by atoms with E-state index in [0.29, 0.717) is 22.1 Å². The fourth-order valence-electron chi connectivity index (χ4n) is 2.87. The highest BCUT2D eigenvalue weighted by Crippen LogP contribution is 2.42. The second-order valence-electron chi connectivity index (χ2n) is 5.69. The first-order valence-electron chi connectivity index (χ1n) is 7.91. The molecule has 0 bridgehead atoms. The van der Waals surface area contributed by atoms with E-state index in [1.807, 2.05) is 59.5 Å². The normalized spacial score (nSPS) is 12.8. The Morgan fingerprint density at radius 2 is 1.69 bits per heavy atom. The third kappa shape index (κ3) is 2.89. The fourth-order valence-corrected chi connectivity index (χ4v) is 3.03. The van der Waals surface area contributed by atoms with E-state index in [0.717, 1.165) is 11.4 Å². The molecule has 0 N–H and O–H groups in total. The highest BCUT2D eigenvalue weighted by Gasteiger charge is 2.26. The van der Waals surface area contributed by atoms with Gasteiger partial charge in [-0.3, -0.25) is 10.1 Å². The van der Waals surface area contributed by atoms with Crippen molar-refractivity contribution in [1.82, 2.24) is 0 Å². The number of nitro benzene ring substituents is 1. The summed E-state index contributed by atoms with van der Waals surface area (Å²) in [4.78, 5) is 13.0. The molecule has 3 aromatic rings. The minimum Gasteiger partial charge on any atom is -0.453 e. The lowest BCUT2D eigenvalue weighted by atomic mass is 10.1. The number of hydrogen-bond acceptors (Lipinski definition) is 4. The van der Waals surface area contributed by atoms with Gasteiger partial charge in [0.15, 0.2) is 11.5 Å². The van der Waals surface area contributed by atoms with Gasteiger partial charge in [0.25, 0.3) is 5.69 Å². The van der Waals surface area contributed by atoms with Crippen LogP contribution in [-0.2, 0) is 0 Å². The molecule has 0 fully saturated rings. The fraction of sp³-hybridized carbons (Fsp3) is 0. The lowest BCUT2D eigenvalue weighted by molar-refractivity contribution is -0.385. The maximum absolute atomic E-state index is 11.5. The summed E-state index contributed by atoms with van der Waals surface area (Å²) in [5.74, 6) is 1.01. The predicted octanol–water partition coefficient (Wildman–Crippen LogP) is 5.78. The summed E-state index contributed by atoms with van der Waals surface area (Å²) in [7, 11) is 0. The van der Waals surface area contributed by atoms with Crippen molar-refractivity contribution in [3.05, 3.63) is 99.7 Å². The highest BCUT2D eigenvalue weighted by molar-refractivity contribution is 6.30. The molecule has 26 heavy (non-hydrogen) atoms. The largest absolute Gasteiger partial charge is 0.453 e. The number of para-hydroxylation sites is 3. The molecular formula is C20H13ClN2O3. The van der Waals surface area contributed by atoms with Crippen LogP contribution in [0.5, 0.6) is 5.75 Å². The van der Waals surface area contributed by atoms with Crippen LogP contribution >= 0.6 is 11.6 Å². The van der Waals surface area contributed by atoms with Crippen molar-refractivity contribution in [3.63, 3.8) is 0 Å². The van der Waals surface area contributed by atoms with Crippen LogP contribution in [0, 0.1) is 10.1 Å². The molecule has 6 heteroatoms. The number of benzene rings is 3. The smallest absolute Gasteiger partial charge is 0.281 e. The van der Waals surface area contributed by atoms with E-state index in [1.54, 1.807) is 18.3 Å². The molecule has 1 aliphatic rings. The van der Waals surface area contributed by atoms with E-state index >= 15 is 0 Å². The Labute approximate surface area is 154 Å². The number of halogens is 1. The van der Waals surface area contributed by atoms with E-state index in [2.05, 4.69) is 0 Å². The molecular weight excluding hydrogens is 352 g/mol. The van der Waals surface area contributed by atoms with E-state index in [4.69, 9.17) is 16.3 Å². The van der Waals surface area contributed by atoms with Crippen LogP contribution in [0.15, 0.2) is 79.0 Å². The zero-order chi connectivity index (χ0) is 18.1. The molecule has 4 rings (SSSR count). The van der Waals surface area contributed by atoms with Gasteiger partial charge >= 0.3 is 0 Å². The summed E-state index contributed by atoms with van der Waals surface area (Å²) >= 11 is 5.93. The van der Waals surface area contributed by atoms with Crippen LogP contribution in [0.25, 0.3) is 5.76 Å². The van der Waals surface area contributed by atoms with E-state index in [9.17, 15) is 10.1 Å². The Morgan fingerprint density at radius 1 is 0.962 bits per heavy atom. The molecule has 0 atom stereocenters. The van der Waals surface area contributed by atoms with Gasteiger partial charge in [-0.05, 0) is 36.4 Å². The zero-order valence-corrected chi connectivity index (χ0v) is 14.3. The third-order valence-electron chi connectivity index (χ3n) is 4.05. The van der Waals surface area contributed by atoms with Gasteiger partial charge in [-0.25, -0.2) is 0 Å². The number of nitro groups is 1. The van der Waals surface area contributed by atoms with Crippen molar-refractivity contribution >= 4 is 34.4 Å². The van der Waals surface area contributed by atoms with Crippen LogP contribution in [0.4, 0.5) is 17.1 Å². The van der Waals surface area contributed by atoms with Crippen LogP contribution in [0.1, 0.15) is 5.56 Å². The van der Waals surface area contributed by atoms with Crippen LogP contribution < -0.4 is 9.64 Å². The second-order valence-corrected chi connectivity index (χ2v) is 6.12. The summed E-state index contributed by atoms with van der Waals surface area (Å²) < 4.78 is 5.97. The second kappa shape index (κ2) is 6.54. The summed E-state index contributed by atoms with van der Waals surface area (Å²) in [5, 5.41) is 11.8. The molecule has 1 aliphatic heterocycles. The number of rotatable bonds is 3. The SMILES string of the molecule is O=[N+]([O-])c1cc(Cl)ccc1C1=CN(c2ccccc2)c2ccccc2O1. The van der Waals surface area contributed by atoms with Gasteiger partial charge in [-0.2, -0.15) is 0 Å². The molecule has 3 aromatic carbocycles. The summed E-state index contributed by atoms with van der Waals surface area (Å²) in [6, 6.07) is 21.8. The Morgan fingerprint density at radius 3 is 2.46 bits per heavy atom. The lowest BCUT2D eigenvalue weighted by Gasteiger charge is -2.29.